The Bertz CT molecular complexity index is 976. The minimum atomic E-state index is -0.100. The van der Waals surface area contributed by atoms with Gasteiger partial charge >= 0.3 is 0 Å². The van der Waals surface area contributed by atoms with Crippen molar-refractivity contribution in [2.24, 2.45) is 5.92 Å². The lowest BCUT2D eigenvalue weighted by molar-refractivity contribution is -0.126. The molecule has 4 rings (SSSR count). The number of hydrogen-bond donors (Lipinski definition) is 1. The number of likely N-dealkylation sites (tertiary alicyclic amines) is 2. The van der Waals surface area contributed by atoms with Gasteiger partial charge in [0.05, 0.1) is 12.7 Å². The summed E-state index contributed by atoms with van der Waals surface area (Å²) in [7, 11) is 1.55. The Morgan fingerprint density at radius 3 is 2.53 bits per heavy atom. The fraction of sp³-hybridized carbons (Fsp3) is 0.481. The molecule has 1 unspecified atom stereocenters. The number of piperidine rings is 2. The molecule has 0 aromatic heterocycles. The molecule has 6 nitrogen and oxygen atoms in total. The molecule has 2 aliphatic heterocycles. The molecule has 2 amide bonds. The molecule has 7 heteroatoms. The minimum Gasteiger partial charge on any atom is -0.496 e. The van der Waals surface area contributed by atoms with E-state index in [1.165, 1.54) is 18.4 Å². The number of carbonyl (C=O) groups excluding carboxylic acids is 2. The van der Waals surface area contributed by atoms with Crippen molar-refractivity contribution in [1.29, 1.82) is 0 Å². The van der Waals surface area contributed by atoms with Crippen LogP contribution in [0.3, 0.4) is 0 Å². The molecule has 1 N–H and O–H groups in total. The van der Waals surface area contributed by atoms with Gasteiger partial charge in [0.1, 0.15) is 5.75 Å². The molecule has 2 fully saturated rings. The summed E-state index contributed by atoms with van der Waals surface area (Å²) in [4.78, 5) is 30.2. The van der Waals surface area contributed by atoms with Gasteiger partial charge in [0, 0.05) is 43.2 Å². The molecule has 2 heterocycles. The average molecular weight is 484 g/mol. The molecule has 2 aromatic carbocycles. The predicted molar refractivity (Wildman–Crippen MR) is 134 cm³/mol. The van der Waals surface area contributed by atoms with Gasteiger partial charge in [-0.1, -0.05) is 48.4 Å². The molecule has 0 spiro atoms. The lowest BCUT2D eigenvalue weighted by atomic mass is 9.94. The first-order valence-corrected chi connectivity index (χ1v) is 12.6. The summed E-state index contributed by atoms with van der Waals surface area (Å²) in [5.41, 5.74) is 1.78. The number of nitrogens with zero attached hydrogens (tertiary/aromatic N) is 2. The number of carbonyl (C=O) groups is 2. The number of amides is 2. The van der Waals surface area contributed by atoms with Crippen molar-refractivity contribution in [2.75, 3.05) is 33.3 Å². The monoisotopic (exact) mass is 483 g/mol. The maximum absolute atomic E-state index is 13.0. The highest BCUT2D eigenvalue weighted by atomic mass is 35.5. The van der Waals surface area contributed by atoms with Crippen LogP contribution >= 0.6 is 11.6 Å². The third kappa shape index (κ3) is 6.10. The maximum atomic E-state index is 13.0. The van der Waals surface area contributed by atoms with E-state index in [2.05, 4.69) is 34.5 Å². The van der Waals surface area contributed by atoms with Crippen LogP contribution in [0, 0.1) is 5.92 Å². The first-order valence-electron chi connectivity index (χ1n) is 12.2. The normalized spacial score (nSPS) is 19.6. The van der Waals surface area contributed by atoms with Crippen LogP contribution < -0.4 is 10.1 Å². The number of benzene rings is 2. The standard InChI is InChI=1S/C27H34ClN3O3/c1-34-25-11-10-22(28)17-24(25)27(33)30-15-12-21(13-16-30)26(32)29-18-23-9-5-6-14-31(23)19-20-7-3-2-4-8-20/h2-4,7-8,10-11,17,21,23H,5-6,9,12-16,18-19H2,1H3,(H,29,32). The third-order valence-electron chi connectivity index (χ3n) is 7.03. The Morgan fingerprint density at radius 1 is 1.03 bits per heavy atom. The first kappa shape index (κ1) is 24.6. The van der Waals surface area contributed by atoms with Crippen molar-refractivity contribution in [3.05, 3.63) is 64.7 Å². The van der Waals surface area contributed by atoms with E-state index in [-0.39, 0.29) is 17.7 Å². The zero-order valence-electron chi connectivity index (χ0n) is 19.8. The summed E-state index contributed by atoms with van der Waals surface area (Å²) in [5.74, 6) is 0.466. The molecule has 0 bridgehead atoms. The number of methoxy groups -OCH3 is 1. The van der Waals surface area contributed by atoms with Gasteiger partial charge in [-0.2, -0.15) is 0 Å². The summed E-state index contributed by atoms with van der Waals surface area (Å²) in [6.45, 7) is 3.79. The second-order valence-electron chi connectivity index (χ2n) is 9.26. The Kier molecular flexibility index (Phi) is 8.46. The SMILES string of the molecule is COc1ccc(Cl)cc1C(=O)N1CCC(C(=O)NCC2CCCCN2Cc2ccccc2)CC1. The van der Waals surface area contributed by atoms with Crippen LogP contribution in [0.15, 0.2) is 48.5 Å². The summed E-state index contributed by atoms with van der Waals surface area (Å²) in [5, 5.41) is 3.72. The Hall–Kier alpha value is -2.57. The van der Waals surface area contributed by atoms with Gasteiger partial charge in [0.25, 0.3) is 5.91 Å². The highest BCUT2D eigenvalue weighted by Gasteiger charge is 2.30. The number of rotatable bonds is 7. The quantitative estimate of drug-likeness (QED) is 0.635. The minimum absolute atomic E-state index is 0.0588. The lowest BCUT2D eigenvalue weighted by Crippen LogP contribution is -2.48. The molecular formula is C27H34ClN3O3. The average Bonchev–Trinajstić information content (AvgIpc) is 2.88. The van der Waals surface area contributed by atoms with Crippen molar-refractivity contribution in [3.8, 4) is 5.75 Å². The van der Waals surface area contributed by atoms with E-state index in [1.54, 1.807) is 30.2 Å². The summed E-state index contributed by atoms with van der Waals surface area (Å²) < 4.78 is 5.33. The zero-order chi connectivity index (χ0) is 23.9. The van der Waals surface area contributed by atoms with Gasteiger partial charge in [-0.3, -0.25) is 14.5 Å². The highest BCUT2D eigenvalue weighted by molar-refractivity contribution is 6.31. The van der Waals surface area contributed by atoms with E-state index in [1.807, 2.05) is 6.07 Å². The molecule has 34 heavy (non-hydrogen) atoms. The number of hydrogen-bond acceptors (Lipinski definition) is 4. The largest absolute Gasteiger partial charge is 0.496 e. The fourth-order valence-corrected chi connectivity index (χ4v) is 5.21. The number of nitrogens with one attached hydrogen (secondary N) is 1. The van der Waals surface area contributed by atoms with Gasteiger partial charge in [0.2, 0.25) is 5.91 Å². The van der Waals surface area contributed by atoms with Crippen molar-refractivity contribution in [2.45, 2.75) is 44.7 Å². The van der Waals surface area contributed by atoms with E-state index in [0.29, 0.717) is 54.9 Å². The second-order valence-corrected chi connectivity index (χ2v) is 9.70. The van der Waals surface area contributed by atoms with Crippen LogP contribution in [-0.4, -0.2) is 60.9 Å². The van der Waals surface area contributed by atoms with Crippen LogP contribution in [0.25, 0.3) is 0 Å². The molecule has 182 valence electrons. The molecular weight excluding hydrogens is 450 g/mol. The zero-order valence-corrected chi connectivity index (χ0v) is 20.6. The van der Waals surface area contributed by atoms with Gasteiger partial charge in [-0.25, -0.2) is 0 Å². The Labute approximate surface area is 207 Å². The fourth-order valence-electron chi connectivity index (χ4n) is 5.04. The van der Waals surface area contributed by atoms with Crippen LogP contribution in [0.4, 0.5) is 0 Å². The Balaban J connectivity index is 1.27. The van der Waals surface area contributed by atoms with Gasteiger partial charge in [0.15, 0.2) is 0 Å². The van der Waals surface area contributed by atoms with E-state index in [9.17, 15) is 9.59 Å². The smallest absolute Gasteiger partial charge is 0.257 e. The first-order chi connectivity index (χ1) is 16.5. The number of ether oxygens (including phenoxy) is 1. The van der Waals surface area contributed by atoms with E-state index in [4.69, 9.17) is 16.3 Å². The van der Waals surface area contributed by atoms with Crippen molar-refractivity contribution < 1.29 is 14.3 Å². The van der Waals surface area contributed by atoms with Crippen LogP contribution in [-0.2, 0) is 11.3 Å². The number of halogens is 1. The van der Waals surface area contributed by atoms with Gasteiger partial charge < -0.3 is 15.0 Å². The summed E-state index contributed by atoms with van der Waals surface area (Å²) in [6.07, 6.45) is 4.86. The molecule has 2 aliphatic rings. The summed E-state index contributed by atoms with van der Waals surface area (Å²) >= 11 is 6.09. The molecule has 0 aliphatic carbocycles. The van der Waals surface area contributed by atoms with Crippen molar-refractivity contribution in [3.63, 3.8) is 0 Å². The van der Waals surface area contributed by atoms with Crippen molar-refractivity contribution >= 4 is 23.4 Å². The molecule has 1 atom stereocenters. The second kappa shape index (κ2) is 11.7. The highest BCUT2D eigenvalue weighted by Crippen LogP contribution is 2.27. The van der Waals surface area contributed by atoms with E-state index < -0.39 is 0 Å². The maximum Gasteiger partial charge on any atom is 0.257 e. The lowest BCUT2D eigenvalue weighted by Gasteiger charge is -2.36. The predicted octanol–water partition coefficient (Wildman–Crippen LogP) is 4.37. The van der Waals surface area contributed by atoms with Crippen molar-refractivity contribution in [1.82, 2.24) is 15.1 Å². The molecule has 0 saturated carbocycles. The van der Waals surface area contributed by atoms with Crippen LogP contribution in [0.2, 0.25) is 5.02 Å². The van der Waals surface area contributed by atoms with E-state index >= 15 is 0 Å². The topological polar surface area (TPSA) is 61.9 Å². The van der Waals surface area contributed by atoms with Crippen LogP contribution in [0.1, 0.15) is 48.0 Å². The van der Waals surface area contributed by atoms with E-state index in [0.717, 1.165) is 19.5 Å². The third-order valence-corrected chi connectivity index (χ3v) is 7.27. The molecule has 2 saturated heterocycles. The molecule has 2 aromatic rings. The molecule has 0 radical (unpaired) electrons. The summed E-state index contributed by atoms with van der Waals surface area (Å²) in [6, 6.07) is 16.0. The van der Waals surface area contributed by atoms with Gasteiger partial charge in [-0.15, -0.1) is 0 Å². The van der Waals surface area contributed by atoms with Gasteiger partial charge in [-0.05, 0) is 56.0 Å². The van der Waals surface area contributed by atoms with Crippen LogP contribution in [0.5, 0.6) is 5.75 Å². The Morgan fingerprint density at radius 2 is 1.79 bits per heavy atom.